The second-order valence-electron chi connectivity index (χ2n) is 7.02. The molecule has 0 amide bonds. The van der Waals surface area contributed by atoms with Gasteiger partial charge in [0.2, 0.25) is 0 Å². The standard InChI is InChI=1S/C22H20N2/c1-13-5-9-19-17(11-13)15-7-8-16-18-12-14(2)6-10-20(18)24(4)22(16)21(15)23(19)3/h5-12H,1-4H3. The van der Waals surface area contributed by atoms with Crippen LogP contribution in [0.5, 0.6) is 0 Å². The number of aromatic nitrogens is 2. The van der Waals surface area contributed by atoms with E-state index in [1.807, 2.05) is 0 Å². The molecule has 0 radical (unpaired) electrons. The van der Waals surface area contributed by atoms with Crippen LogP contribution >= 0.6 is 0 Å². The van der Waals surface area contributed by atoms with Crippen LogP contribution in [0.1, 0.15) is 11.1 Å². The Labute approximate surface area is 140 Å². The lowest BCUT2D eigenvalue weighted by molar-refractivity contribution is 0.986. The van der Waals surface area contributed by atoms with Crippen molar-refractivity contribution in [2.45, 2.75) is 13.8 Å². The van der Waals surface area contributed by atoms with Gasteiger partial charge in [0.15, 0.2) is 0 Å². The Kier molecular flexibility index (Phi) is 2.52. The molecule has 118 valence electrons. The third kappa shape index (κ3) is 1.56. The number of hydrogen-bond acceptors (Lipinski definition) is 0. The zero-order valence-corrected chi connectivity index (χ0v) is 14.5. The predicted octanol–water partition coefficient (Wildman–Crippen LogP) is 5.59. The molecule has 0 aliphatic heterocycles. The van der Waals surface area contributed by atoms with Crippen molar-refractivity contribution in [2.24, 2.45) is 14.1 Å². The van der Waals surface area contributed by atoms with Gasteiger partial charge in [-0.1, -0.05) is 35.4 Å². The minimum atomic E-state index is 1.30. The molecule has 0 aliphatic rings. The summed E-state index contributed by atoms with van der Waals surface area (Å²) in [4.78, 5) is 0. The molecule has 0 atom stereocenters. The quantitative estimate of drug-likeness (QED) is 0.352. The summed E-state index contributed by atoms with van der Waals surface area (Å²) in [7, 11) is 4.37. The Balaban J connectivity index is 2.12. The van der Waals surface area contributed by atoms with Gasteiger partial charge in [-0.15, -0.1) is 0 Å². The highest BCUT2D eigenvalue weighted by atomic mass is 15.0. The summed E-state index contributed by atoms with van der Waals surface area (Å²) < 4.78 is 4.69. The molecule has 0 fully saturated rings. The van der Waals surface area contributed by atoms with Crippen molar-refractivity contribution in [1.82, 2.24) is 9.13 Å². The minimum absolute atomic E-state index is 1.30. The summed E-state index contributed by atoms with van der Waals surface area (Å²) in [6.45, 7) is 4.33. The highest BCUT2D eigenvalue weighted by Crippen LogP contribution is 2.38. The summed E-state index contributed by atoms with van der Waals surface area (Å²) >= 11 is 0. The van der Waals surface area contributed by atoms with E-state index in [0.29, 0.717) is 0 Å². The van der Waals surface area contributed by atoms with Crippen LogP contribution in [0.3, 0.4) is 0 Å². The van der Waals surface area contributed by atoms with Crippen LogP contribution in [0.15, 0.2) is 48.5 Å². The number of nitrogens with zero attached hydrogens (tertiary/aromatic N) is 2. The Morgan fingerprint density at radius 1 is 0.542 bits per heavy atom. The van der Waals surface area contributed by atoms with Crippen LogP contribution < -0.4 is 0 Å². The van der Waals surface area contributed by atoms with Gasteiger partial charge in [0.05, 0.1) is 11.0 Å². The molecule has 0 bridgehead atoms. The molecule has 5 aromatic rings. The van der Waals surface area contributed by atoms with Gasteiger partial charge in [0, 0.05) is 46.7 Å². The van der Waals surface area contributed by atoms with Gasteiger partial charge >= 0.3 is 0 Å². The molecule has 2 aromatic heterocycles. The fraction of sp³-hybridized carbons (Fsp3) is 0.182. The second-order valence-corrected chi connectivity index (χ2v) is 7.02. The SMILES string of the molecule is Cc1ccc2c(c1)c1ccc3c4cc(C)ccc4n(C)c3c1n2C. The largest absolute Gasteiger partial charge is 0.342 e. The zero-order valence-electron chi connectivity index (χ0n) is 14.5. The maximum atomic E-state index is 2.35. The Bertz CT molecular complexity index is 1180. The topological polar surface area (TPSA) is 9.86 Å². The van der Waals surface area contributed by atoms with Crippen LogP contribution in [0.25, 0.3) is 43.6 Å². The molecular weight excluding hydrogens is 292 g/mol. The summed E-state index contributed by atoms with van der Waals surface area (Å²) in [5, 5.41) is 5.37. The second kappa shape index (κ2) is 4.41. The van der Waals surface area contributed by atoms with E-state index in [-0.39, 0.29) is 0 Å². The van der Waals surface area contributed by atoms with E-state index in [2.05, 4.69) is 85.6 Å². The van der Waals surface area contributed by atoms with E-state index in [0.717, 1.165) is 0 Å². The lowest BCUT2D eigenvalue weighted by Crippen LogP contribution is -1.92. The van der Waals surface area contributed by atoms with Gasteiger partial charge in [-0.25, -0.2) is 0 Å². The average Bonchev–Trinajstić information content (AvgIpc) is 3.01. The summed E-state index contributed by atoms with van der Waals surface area (Å²) in [6.07, 6.45) is 0. The zero-order chi connectivity index (χ0) is 16.6. The molecule has 0 saturated heterocycles. The molecular formula is C22H20N2. The first kappa shape index (κ1) is 13.7. The number of aryl methyl sites for hydroxylation is 4. The lowest BCUT2D eigenvalue weighted by Gasteiger charge is -2.03. The normalized spacial score (nSPS) is 12.2. The highest BCUT2D eigenvalue weighted by molar-refractivity contribution is 6.22. The molecule has 0 spiro atoms. The predicted molar refractivity (Wildman–Crippen MR) is 104 cm³/mol. The smallest absolute Gasteiger partial charge is 0.0736 e. The molecule has 2 nitrogen and oxygen atoms in total. The van der Waals surface area contributed by atoms with Crippen LogP contribution in [0.2, 0.25) is 0 Å². The molecule has 0 saturated carbocycles. The third-order valence-corrected chi connectivity index (χ3v) is 5.43. The summed E-state index contributed by atoms with van der Waals surface area (Å²) in [5.41, 5.74) is 7.86. The Morgan fingerprint density at radius 2 is 0.958 bits per heavy atom. The van der Waals surface area contributed by atoms with Crippen molar-refractivity contribution in [2.75, 3.05) is 0 Å². The van der Waals surface area contributed by atoms with E-state index >= 15 is 0 Å². The molecule has 3 aromatic carbocycles. The molecule has 24 heavy (non-hydrogen) atoms. The first-order chi connectivity index (χ1) is 11.6. The van der Waals surface area contributed by atoms with Crippen LogP contribution in [-0.4, -0.2) is 9.13 Å². The molecule has 0 N–H and O–H groups in total. The maximum Gasteiger partial charge on any atom is 0.0736 e. The van der Waals surface area contributed by atoms with E-state index in [9.17, 15) is 0 Å². The van der Waals surface area contributed by atoms with Crippen molar-refractivity contribution in [3.63, 3.8) is 0 Å². The third-order valence-electron chi connectivity index (χ3n) is 5.43. The molecule has 5 rings (SSSR count). The van der Waals surface area contributed by atoms with Crippen LogP contribution in [0, 0.1) is 13.8 Å². The van der Waals surface area contributed by atoms with Crippen molar-refractivity contribution >= 4 is 43.6 Å². The number of fused-ring (bicyclic) bond motifs is 7. The Morgan fingerprint density at radius 3 is 1.38 bits per heavy atom. The fourth-order valence-electron chi connectivity index (χ4n) is 4.25. The Hall–Kier alpha value is -2.74. The summed E-state index contributed by atoms with van der Waals surface area (Å²) in [5.74, 6) is 0. The summed E-state index contributed by atoms with van der Waals surface area (Å²) in [6, 6.07) is 18.1. The van der Waals surface area contributed by atoms with Gasteiger partial charge in [-0.05, 0) is 38.1 Å². The number of rotatable bonds is 0. The first-order valence-corrected chi connectivity index (χ1v) is 8.43. The number of hydrogen-bond donors (Lipinski definition) is 0. The number of benzene rings is 3. The molecule has 2 heteroatoms. The van der Waals surface area contributed by atoms with Gasteiger partial charge in [0.25, 0.3) is 0 Å². The van der Waals surface area contributed by atoms with E-state index in [1.54, 1.807) is 0 Å². The minimum Gasteiger partial charge on any atom is -0.342 e. The van der Waals surface area contributed by atoms with Gasteiger partial charge in [-0.3, -0.25) is 0 Å². The maximum absolute atomic E-state index is 2.35. The highest BCUT2D eigenvalue weighted by Gasteiger charge is 2.16. The van der Waals surface area contributed by atoms with Crippen LogP contribution in [0.4, 0.5) is 0 Å². The molecule has 0 aliphatic carbocycles. The average molecular weight is 312 g/mol. The van der Waals surface area contributed by atoms with Crippen molar-refractivity contribution in [3.05, 3.63) is 59.7 Å². The van der Waals surface area contributed by atoms with Crippen molar-refractivity contribution < 1.29 is 0 Å². The van der Waals surface area contributed by atoms with Gasteiger partial charge in [-0.2, -0.15) is 0 Å². The van der Waals surface area contributed by atoms with Crippen molar-refractivity contribution in [1.29, 1.82) is 0 Å². The van der Waals surface area contributed by atoms with Crippen LogP contribution in [-0.2, 0) is 14.1 Å². The molecule has 2 heterocycles. The van der Waals surface area contributed by atoms with Crippen molar-refractivity contribution in [3.8, 4) is 0 Å². The van der Waals surface area contributed by atoms with E-state index in [4.69, 9.17) is 0 Å². The monoisotopic (exact) mass is 312 g/mol. The lowest BCUT2D eigenvalue weighted by atomic mass is 10.1. The van der Waals surface area contributed by atoms with E-state index < -0.39 is 0 Å². The van der Waals surface area contributed by atoms with Gasteiger partial charge in [0.1, 0.15) is 0 Å². The van der Waals surface area contributed by atoms with E-state index in [1.165, 1.54) is 54.7 Å². The first-order valence-electron chi connectivity index (χ1n) is 8.43. The fourth-order valence-corrected chi connectivity index (χ4v) is 4.25. The van der Waals surface area contributed by atoms with Gasteiger partial charge < -0.3 is 9.13 Å². The molecule has 0 unspecified atom stereocenters.